The van der Waals surface area contributed by atoms with Crippen LogP contribution in [-0.2, 0) is 10.0 Å². The summed E-state index contributed by atoms with van der Waals surface area (Å²) in [5.74, 6) is 0. The minimum atomic E-state index is -2.95. The van der Waals surface area contributed by atoms with Crippen LogP contribution in [0.1, 0.15) is 51.4 Å². The van der Waals surface area contributed by atoms with E-state index in [0.29, 0.717) is 0 Å². The third-order valence-electron chi connectivity index (χ3n) is 3.65. The van der Waals surface area contributed by atoms with Crippen LogP contribution in [0.3, 0.4) is 0 Å². The Morgan fingerprint density at radius 3 is 1.93 bits per heavy atom. The van der Waals surface area contributed by atoms with Crippen molar-refractivity contribution in [1.82, 2.24) is 4.31 Å². The van der Waals surface area contributed by atoms with Gasteiger partial charge in [0.15, 0.2) is 0 Å². The second kappa shape index (κ2) is 4.83. The van der Waals surface area contributed by atoms with Gasteiger partial charge in [0.05, 0.1) is 5.25 Å². The maximum Gasteiger partial charge on any atom is 0.216 e. The number of rotatable bonds is 2. The topological polar surface area (TPSA) is 37.4 Å². The summed E-state index contributed by atoms with van der Waals surface area (Å²) in [5.41, 5.74) is 0. The van der Waals surface area contributed by atoms with E-state index in [-0.39, 0.29) is 5.25 Å². The van der Waals surface area contributed by atoms with Crippen molar-refractivity contribution in [1.29, 1.82) is 0 Å². The van der Waals surface area contributed by atoms with E-state index < -0.39 is 10.0 Å². The van der Waals surface area contributed by atoms with Gasteiger partial charge in [-0.15, -0.1) is 0 Å². The molecule has 2 fully saturated rings. The average Bonchev–Trinajstić information content (AvgIpc) is 2.31. The number of piperidine rings is 1. The Balaban J connectivity index is 2.03. The highest BCUT2D eigenvalue weighted by Crippen LogP contribution is 2.27. The van der Waals surface area contributed by atoms with Gasteiger partial charge in [-0.2, -0.15) is 0 Å². The molecule has 2 aliphatic rings. The standard InChI is InChI=1S/C11H21NO2S/c13-15(14,11-7-3-1-4-8-11)12-9-5-2-6-10-12/h11H,1-10H2. The van der Waals surface area contributed by atoms with Crippen LogP contribution >= 0.6 is 0 Å². The SMILES string of the molecule is O=S(=O)(C1CCCCC1)N1CCCCC1. The monoisotopic (exact) mass is 231 g/mol. The zero-order chi connectivity index (χ0) is 10.7. The van der Waals surface area contributed by atoms with Crippen molar-refractivity contribution in [3.8, 4) is 0 Å². The third-order valence-corrected chi connectivity index (χ3v) is 6.05. The average molecular weight is 231 g/mol. The molecule has 3 nitrogen and oxygen atoms in total. The second-order valence-corrected chi connectivity index (χ2v) is 6.98. The summed E-state index contributed by atoms with van der Waals surface area (Å²) in [5, 5.41) is -0.0654. The lowest BCUT2D eigenvalue weighted by molar-refractivity contribution is 0.335. The van der Waals surface area contributed by atoms with Crippen LogP contribution < -0.4 is 0 Å². The molecule has 0 aromatic heterocycles. The zero-order valence-electron chi connectivity index (χ0n) is 9.32. The van der Waals surface area contributed by atoms with Crippen molar-refractivity contribution in [2.24, 2.45) is 0 Å². The first-order valence-corrected chi connectivity index (χ1v) is 7.70. The van der Waals surface area contributed by atoms with E-state index in [1.54, 1.807) is 4.31 Å². The lowest BCUT2D eigenvalue weighted by Crippen LogP contribution is -2.42. The summed E-state index contributed by atoms with van der Waals surface area (Å²) in [7, 11) is -2.95. The van der Waals surface area contributed by atoms with Crippen LogP contribution in [0.2, 0.25) is 0 Å². The van der Waals surface area contributed by atoms with E-state index in [9.17, 15) is 8.42 Å². The quantitative estimate of drug-likeness (QED) is 0.730. The molecule has 1 aliphatic carbocycles. The highest BCUT2D eigenvalue weighted by atomic mass is 32.2. The minimum Gasteiger partial charge on any atom is -0.212 e. The fraction of sp³-hybridized carbons (Fsp3) is 1.00. The molecule has 0 amide bonds. The van der Waals surface area contributed by atoms with Gasteiger partial charge in [-0.25, -0.2) is 12.7 Å². The summed E-state index contributed by atoms with van der Waals surface area (Å²) in [4.78, 5) is 0. The van der Waals surface area contributed by atoms with E-state index in [1.807, 2.05) is 0 Å². The number of sulfonamides is 1. The minimum absolute atomic E-state index is 0.0654. The molecule has 0 radical (unpaired) electrons. The first kappa shape index (κ1) is 11.4. The Bertz CT molecular complexity index is 264. The fourth-order valence-electron chi connectivity index (χ4n) is 2.69. The fourth-order valence-corrected chi connectivity index (χ4v) is 4.81. The molecule has 15 heavy (non-hydrogen) atoms. The molecular formula is C11H21NO2S. The van der Waals surface area contributed by atoms with Crippen LogP contribution in [-0.4, -0.2) is 31.1 Å². The molecule has 0 aromatic rings. The Morgan fingerprint density at radius 1 is 0.800 bits per heavy atom. The predicted molar refractivity (Wildman–Crippen MR) is 61.2 cm³/mol. The lowest BCUT2D eigenvalue weighted by Gasteiger charge is -2.31. The zero-order valence-corrected chi connectivity index (χ0v) is 10.1. The molecule has 1 heterocycles. The van der Waals surface area contributed by atoms with Gasteiger partial charge in [-0.1, -0.05) is 25.7 Å². The lowest BCUT2D eigenvalue weighted by atomic mass is 10.0. The van der Waals surface area contributed by atoms with Gasteiger partial charge >= 0.3 is 0 Å². The second-order valence-electron chi connectivity index (χ2n) is 4.76. The van der Waals surface area contributed by atoms with E-state index in [0.717, 1.165) is 51.6 Å². The summed E-state index contributed by atoms with van der Waals surface area (Å²) in [6.07, 6.45) is 8.47. The Hall–Kier alpha value is -0.0900. The molecule has 0 bridgehead atoms. The maximum atomic E-state index is 12.3. The van der Waals surface area contributed by atoms with Crippen molar-refractivity contribution in [2.75, 3.05) is 13.1 Å². The molecule has 0 aromatic carbocycles. The number of hydrogen-bond donors (Lipinski definition) is 0. The molecule has 2 rings (SSSR count). The molecule has 0 unspecified atom stereocenters. The molecular weight excluding hydrogens is 210 g/mol. The number of hydrogen-bond acceptors (Lipinski definition) is 2. The van der Waals surface area contributed by atoms with E-state index in [2.05, 4.69) is 0 Å². The Kier molecular flexibility index (Phi) is 3.67. The number of nitrogens with zero attached hydrogens (tertiary/aromatic N) is 1. The highest BCUT2D eigenvalue weighted by molar-refractivity contribution is 7.89. The van der Waals surface area contributed by atoms with Gasteiger partial charge in [0.1, 0.15) is 0 Å². The molecule has 1 aliphatic heterocycles. The molecule has 1 saturated heterocycles. The third kappa shape index (κ3) is 2.53. The molecule has 4 heteroatoms. The molecule has 1 saturated carbocycles. The van der Waals surface area contributed by atoms with E-state index in [4.69, 9.17) is 0 Å². The van der Waals surface area contributed by atoms with Gasteiger partial charge in [-0.05, 0) is 25.7 Å². The molecule has 88 valence electrons. The van der Waals surface area contributed by atoms with Crippen LogP contribution in [0.15, 0.2) is 0 Å². The van der Waals surface area contributed by atoms with Crippen molar-refractivity contribution < 1.29 is 8.42 Å². The predicted octanol–water partition coefficient (Wildman–Crippen LogP) is 2.13. The van der Waals surface area contributed by atoms with Gasteiger partial charge in [0, 0.05) is 13.1 Å². The summed E-state index contributed by atoms with van der Waals surface area (Å²) < 4.78 is 26.3. The van der Waals surface area contributed by atoms with E-state index >= 15 is 0 Å². The first-order chi connectivity index (χ1) is 7.21. The largest absolute Gasteiger partial charge is 0.216 e. The van der Waals surface area contributed by atoms with Gasteiger partial charge in [-0.3, -0.25) is 0 Å². The van der Waals surface area contributed by atoms with Crippen LogP contribution in [0.5, 0.6) is 0 Å². The van der Waals surface area contributed by atoms with Crippen LogP contribution in [0, 0.1) is 0 Å². The van der Waals surface area contributed by atoms with E-state index in [1.165, 1.54) is 12.8 Å². The summed E-state index contributed by atoms with van der Waals surface area (Å²) in [6.45, 7) is 1.53. The van der Waals surface area contributed by atoms with Gasteiger partial charge in [0.2, 0.25) is 10.0 Å². The maximum absolute atomic E-state index is 12.3. The molecule has 0 spiro atoms. The highest BCUT2D eigenvalue weighted by Gasteiger charge is 2.33. The smallest absolute Gasteiger partial charge is 0.212 e. The Labute approximate surface area is 92.9 Å². The van der Waals surface area contributed by atoms with Crippen molar-refractivity contribution in [3.05, 3.63) is 0 Å². The normalized spacial score (nSPS) is 26.7. The van der Waals surface area contributed by atoms with Crippen LogP contribution in [0.25, 0.3) is 0 Å². The molecule has 0 atom stereocenters. The van der Waals surface area contributed by atoms with Crippen LogP contribution in [0.4, 0.5) is 0 Å². The van der Waals surface area contributed by atoms with Crippen molar-refractivity contribution in [3.63, 3.8) is 0 Å². The molecule has 0 N–H and O–H groups in total. The summed E-state index contributed by atoms with van der Waals surface area (Å²) in [6, 6.07) is 0. The Morgan fingerprint density at radius 2 is 1.33 bits per heavy atom. The first-order valence-electron chi connectivity index (χ1n) is 6.20. The van der Waals surface area contributed by atoms with Gasteiger partial charge in [0.25, 0.3) is 0 Å². The summed E-state index contributed by atoms with van der Waals surface area (Å²) >= 11 is 0. The van der Waals surface area contributed by atoms with Gasteiger partial charge < -0.3 is 0 Å². The van der Waals surface area contributed by atoms with Crippen molar-refractivity contribution in [2.45, 2.75) is 56.6 Å². The van der Waals surface area contributed by atoms with Crippen molar-refractivity contribution >= 4 is 10.0 Å².